The predicted molar refractivity (Wildman–Crippen MR) is 175 cm³/mol. The Labute approximate surface area is 277 Å². The van der Waals surface area contributed by atoms with Gasteiger partial charge in [-0.05, 0) is 130 Å². The first-order valence-electron chi connectivity index (χ1n) is 17.9. The first-order chi connectivity index (χ1) is 20.6. The van der Waals surface area contributed by atoms with E-state index in [1.54, 1.807) is 7.05 Å². The molecule has 0 amide bonds. The fourth-order valence-electron chi connectivity index (χ4n) is 13.6. The largest absolute Gasteiger partial charge is 0.461 e. The average Bonchev–Trinajstić information content (AvgIpc) is 3.27. The van der Waals surface area contributed by atoms with Crippen LogP contribution in [-0.2, 0) is 19.0 Å². The number of hydrogen-bond acceptors (Lipinski definition) is 7. The van der Waals surface area contributed by atoms with Crippen molar-refractivity contribution in [2.24, 2.45) is 50.7 Å². The minimum Gasteiger partial charge on any atom is -0.461 e. The fraction of sp³-hybridized carbons (Fsp3) is 0.973. The van der Waals surface area contributed by atoms with Crippen LogP contribution >= 0.6 is 11.8 Å². The lowest BCUT2D eigenvalue weighted by Crippen LogP contribution is -2.63. The van der Waals surface area contributed by atoms with E-state index in [2.05, 4.69) is 34.6 Å². The molecule has 0 aromatic rings. The molecule has 0 aromatic heterocycles. The minimum atomic E-state index is -0.901. The lowest BCUT2D eigenvalue weighted by molar-refractivity contribution is -0.222. The van der Waals surface area contributed by atoms with Gasteiger partial charge in [0.05, 0.1) is 29.5 Å². The number of ether oxygens (including phenoxy) is 3. The fourth-order valence-corrected chi connectivity index (χ4v) is 13.9. The van der Waals surface area contributed by atoms with Gasteiger partial charge >= 0.3 is 5.97 Å². The minimum absolute atomic E-state index is 0.0219. The summed E-state index contributed by atoms with van der Waals surface area (Å²) in [6.45, 7) is 19.5. The van der Waals surface area contributed by atoms with Crippen LogP contribution in [0.5, 0.6) is 0 Å². The number of nitrogens with zero attached hydrogens (tertiary/aromatic N) is 1. The number of esters is 1. The molecule has 0 radical (unpaired) electrons. The van der Waals surface area contributed by atoms with Gasteiger partial charge in [-0.2, -0.15) is 0 Å². The molecular weight excluding hydrogens is 590 g/mol. The van der Waals surface area contributed by atoms with Crippen LogP contribution in [0.1, 0.15) is 120 Å². The first kappa shape index (κ1) is 34.4. The van der Waals surface area contributed by atoms with E-state index in [0.29, 0.717) is 11.8 Å². The quantitative estimate of drug-likeness (QED) is 0.233. The van der Waals surface area contributed by atoms with Crippen LogP contribution in [0.2, 0.25) is 0 Å². The zero-order valence-corrected chi connectivity index (χ0v) is 30.7. The van der Waals surface area contributed by atoms with Gasteiger partial charge in [0, 0.05) is 25.5 Å². The summed E-state index contributed by atoms with van der Waals surface area (Å²) < 4.78 is 21.1. The van der Waals surface area contributed by atoms with E-state index in [4.69, 9.17) is 26.0 Å². The molecule has 13 atom stereocenters. The molecular formula is C37H62ClNO6. The van der Waals surface area contributed by atoms with Crippen molar-refractivity contribution in [1.82, 2.24) is 4.42 Å². The number of likely N-dealkylation sites (N-methyl/N-ethyl adjacent to an activating group) is 1. The highest BCUT2D eigenvalue weighted by molar-refractivity contribution is 6.14. The number of halogens is 1. The highest BCUT2D eigenvalue weighted by atomic mass is 35.5. The molecule has 0 aromatic carbocycles. The molecule has 8 heteroatoms. The molecule has 6 aliphatic rings. The number of rotatable bonds is 7. The number of hydrogen-bond donors (Lipinski definition) is 2. The van der Waals surface area contributed by atoms with Crippen LogP contribution in [0, 0.1) is 50.7 Å². The van der Waals surface area contributed by atoms with E-state index >= 15 is 0 Å². The Bertz CT molecular complexity index is 1180. The number of methoxy groups -OCH3 is 1. The average molecular weight is 652 g/mol. The summed E-state index contributed by atoms with van der Waals surface area (Å²) >= 11 is 6.32. The van der Waals surface area contributed by atoms with E-state index in [0.717, 1.165) is 51.4 Å². The second kappa shape index (κ2) is 10.5. The Morgan fingerprint density at radius 1 is 1.00 bits per heavy atom. The van der Waals surface area contributed by atoms with Crippen LogP contribution in [0.25, 0.3) is 0 Å². The zero-order chi connectivity index (χ0) is 33.3. The van der Waals surface area contributed by atoms with Gasteiger partial charge in [0.25, 0.3) is 0 Å². The van der Waals surface area contributed by atoms with Crippen molar-refractivity contribution in [1.29, 1.82) is 0 Å². The van der Waals surface area contributed by atoms with Gasteiger partial charge in [0.2, 0.25) is 0 Å². The second-order valence-corrected chi connectivity index (χ2v) is 19.3. The van der Waals surface area contributed by atoms with Crippen LogP contribution in [0.15, 0.2) is 0 Å². The van der Waals surface area contributed by atoms with Crippen molar-refractivity contribution in [3.8, 4) is 0 Å². The van der Waals surface area contributed by atoms with E-state index in [-0.39, 0.29) is 63.2 Å². The maximum Gasteiger partial charge on any atom is 0.325 e. The molecule has 1 heterocycles. The summed E-state index contributed by atoms with van der Waals surface area (Å²) in [4.78, 5) is 13.5. The van der Waals surface area contributed by atoms with Crippen LogP contribution in [-0.4, -0.2) is 76.4 Å². The number of aliphatic hydroxyl groups is 2. The Morgan fingerprint density at radius 2 is 1.67 bits per heavy atom. The van der Waals surface area contributed by atoms with Gasteiger partial charge in [-0.25, -0.2) is 4.42 Å². The Balaban J connectivity index is 1.30. The number of carbonyl (C=O) groups excluding carboxylic acids is 1. The summed E-state index contributed by atoms with van der Waals surface area (Å²) in [6.07, 6.45) is 8.03. The van der Waals surface area contributed by atoms with Crippen molar-refractivity contribution < 1.29 is 29.2 Å². The molecule has 0 bridgehead atoms. The Kier molecular flexibility index (Phi) is 8.06. The van der Waals surface area contributed by atoms with E-state index < -0.39 is 23.3 Å². The molecule has 45 heavy (non-hydrogen) atoms. The van der Waals surface area contributed by atoms with Crippen LogP contribution in [0.3, 0.4) is 0 Å². The van der Waals surface area contributed by atoms with Crippen molar-refractivity contribution in [2.45, 2.75) is 162 Å². The topological polar surface area (TPSA) is 88.5 Å². The third kappa shape index (κ3) is 4.55. The Morgan fingerprint density at radius 3 is 2.22 bits per heavy atom. The monoisotopic (exact) mass is 651 g/mol. The SMILES string of the molecule is CO[C@H]1CC2[C@]3(CC[C@]4(C)[C@@H]([C@@]5(C)CC[C@@H](C(C)(C)O)O5)[C@@H](O)C[C@@]24C)C[C@@]32CC[C@H](OC(=O)[C@H](C(C)C)N(C)Cl)C(C)(C)[C@H]12. The highest BCUT2D eigenvalue weighted by Crippen LogP contribution is 2.89. The summed E-state index contributed by atoms with van der Waals surface area (Å²) in [7, 11) is 3.61. The molecule has 7 nitrogen and oxygen atoms in total. The van der Waals surface area contributed by atoms with Gasteiger partial charge < -0.3 is 24.4 Å². The van der Waals surface area contributed by atoms with Gasteiger partial charge in [0.1, 0.15) is 12.1 Å². The van der Waals surface area contributed by atoms with Crippen molar-refractivity contribution in [3.05, 3.63) is 0 Å². The number of aliphatic hydroxyl groups excluding tert-OH is 1. The number of fused-ring (bicyclic) bond motifs is 2. The maximum absolute atomic E-state index is 13.5. The molecule has 258 valence electrons. The predicted octanol–water partition coefficient (Wildman–Crippen LogP) is 6.75. The summed E-state index contributed by atoms with van der Waals surface area (Å²) in [5, 5.41) is 22.8. The summed E-state index contributed by atoms with van der Waals surface area (Å²) in [5.74, 6) is 0.583. The Hall–Kier alpha value is -0.440. The smallest absolute Gasteiger partial charge is 0.325 e. The van der Waals surface area contributed by atoms with E-state index in [1.807, 2.05) is 34.8 Å². The van der Waals surface area contributed by atoms with E-state index in [9.17, 15) is 15.0 Å². The van der Waals surface area contributed by atoms with Crippen LogP contribution in [0.4, 0.5) is 0 Å². The standard InChI is InChI=1S/C37H62ClNO6/c1-21(2)27(39(10)38)30(41)44-25-13-15-37-20-36(37)17-16-33(7)28(35(9)14-12-26(45-35)32(5,6)42)22(40)19-34(33,8)24(36)18-23(43-11)29(37)31(25,3)4/h21-29,40,42H,12-20H2,1-11H3/t22-,23-,24?,25-,26-,27-,28-,29-,33+,34-,35+,36-,37+/m0/s1. The lowest BCUT2D eigenvalue weighted by atomic mass is 9.41. The third-order valence-corrected chi connectivity index (χ3v) is 15.7. The van der Waals surface area contributed by atoms with Gasteiger partial charge in [-0.1, -0.05) is 41.5 Å². The summed E-state index contributed by atoms with van der Waals surface area (Å²) in [6, 6.07) is -0.485. The maximum atomic E-state index is 13.5. The van der Waals surface area contributed by atoms with Gasteiger partial charge in [0.15, 0.2) is 0 Å². The number of carbonyl (C=O) groups is 1. The molecule has 5 aliphatic carbocycles. The van der Waals surface area contributed by atoms with Gasteiger partial charge in [-0.3, -0.25) is 4.79 Å². The normalized spacial score (nSPS) is 50.9. The summed E-state index contributed by atoms with van der Waals surface area (Å²) in [5.41, 5.74) is -1.35. The zero-order valence-electron chi connectivity index (χ0n) is 29.9. The molecule has 1 aliphatic heterocycles. The van der Waals surface area contributed by atoms with Crippen molar-refractivity contribution in [3.63, 3.8) is 0 Å². The molecule has 1 unspecified atom stereocenters. The van der Waals surface area contributed by atoms with Crippen molar-refractivity contribution in [2.75, 3.05) is 14.2 Å². The first-order valence-corrected chi connectivity index (χ1v) is 18.2. The second-order valence-electron chi connectivity index (χ2n) is 18.7. The third-order valence-electron chi connectivity index (χ3n) is 15.5. The molecule has 1 saturated heterocycles. The molecule has 2 spiro atoms. The molecule has 5 saturated carbocycles. The van der Waals surface area contributed by atoms with Crippen LogP contribution < -0.4 is 0 Å². The lowest BCUT2D eigenvalue weighted by Gasteiger charge is -2.65. The molecule has 6 fully saturated rings. The van der Waals surface area contributed by atoms with E-state index in [1.165, 1.54) is 10.8 Å². The highest BCUT2D eigenvalue weighted by Gasteiger charge is 2.85. The molecule has 6 rings (SSSR count). The van der Waals surface area contributed by atoms with Gasteiger partial charge in [-0.15, -0.1) is 0 Å². The molecule has 2 N–H and O–H groups in total. The van der Waals surface area contributed by atoms with Crippen molar-refractivity contribution >= 4 is 17.7 Å².